The third-order valence-electron chi connectivity index (χ3n) is 0. The molecule has 2 nitrogen and oxygen atoms in total. The van der Waals surface area contributed by atoms with Gasteiger partial charge in [-0.15, -0.1) is 0 Å². The number of rotatable bonds is 0. The van der Waals surface area contributed by atoms with Gasteiger partial charge >= 0.3 is 34.6 Å². The van der Waals surface area contributed by atoms with Crippen LogP contribution < -0.4 is 0 Å². The molecule has 0 spiro atoms. The molecule has 0 aliphatic carbocycles. The summed E-state index contributed by atoms with van der Waals surface area (Å²) in [7, 11) is 8.68. The zero-order valence-corrected chi connectivity index (χ0v) is 5.86. The first-order valence-corrected chi connectivity index (χ1v) is 5.92. The second-order valence-corrected chi connectivity index (χ2v) is 3.62. The van der Waals surface area contributed by atoms with E-state index in [4.69, 9.17) is 0 Å². The molecule has 0 rings (SSSR count). The fraction of sp³-hybridized carbons (Fsp3) is 0. The van der Waals surface area contributed by atoms with E-state index in [1.807, 2.05) is 0 Å². The van der Waals surface area contributed by atoms with Crippen LogP contribution in [-0.4, -0.2) is 11.0 Å². The number of hydrogen-bond acceptors (Lipinski definition) is 2. The van der Waals surface area contributed by atoms with Crippen LogP contribution in [0.1, 0.15) is 0 Å². The van der Waals surface area contributed by atoms with E-state index in [0.717, 1.165) is 0 Å². The van der Waals surface area contributed by atoms with Crippen molar-refractivity contribution in [1.82, 2.24) is 0 Å². The van der Waals surface area contributed by atoms with Crippen LogP contribution in [-0.2, 0) is 14.9 Å². The summed E-state index contributed by atoms with van der Waals surface area (Å²) in [4.78, 5) is 0. The van der Waals surface area contributed by atoms with E-state index in [2.05, 4.69) is 19.6 Å². The van der Waals surface area contributed by atoms with Gasteiger partial charge in [0, 0.05) is 0 Å². The van der Waals surface area contributed by atoms with Crippen molar-refractivity contribution in [3.63, 3.8) is 0 Å². The van der Waals surface area contributed by atoms with E-state index in [1.54, 1.807) is 0 Å². The summed E-state index contributed by atoms with van der Waals surface area (Å²) in [5, 5.41) is 0. The van der Waals surface area contributed by atoms with E-state index in [0.29, 0.717) is 0 Å². The zero-order chi connectivity index (χ0) is 2.71. The molecule has 0 aliphatic heterocycles. The summed E-state index contributed by atoms with van der Waals surface area (Å²) in [6.07, 6.45) is 0. The molecule has 0 radical (unpaired) electrons. The molecule has 0 aliphatic rings. The number of hydrogen-bond donors (Lipinski definition) is 0. The van der Waals surface area contributed by atoms with E-state index >= 15 is 0 Å². The molecule has 0 fully saturated rings. The summed E-state index contributed by atoms with van der Waals surface area (Å²) in [5.74, 6) is 0. The predicted molar refractivity (Wildman–Crippen MR) is 22.4 cm³/mol. The molecule has 0 unspecified atom stereocenters. The van der Waals surface area contributed by atoms with Crippen molar-refractivity contribution < 1.29 is 25.9 Å². The van der Waals surface area contributed by atoms with Gasteiger partial charge in [0.2, 0.25) is 0 Å². The molecule has 34 valence electrons. The third kappa shape index (κ3) is 42.7. The predicted octanol–water partition coefficient (Wildman–Crippen LogP) is -0.355. The minimum absolute atomic E-state index is 0. The van der Waals surface area contributed by atoms with E-state index in [1.165, 1.54) is 0 Å². The molecule has 0 aromatic heterocycles. The molecular weight excluding hydrogens is 192 g/mol. The van der Waals surface area contributed by atoms with Crippen molar-refractivity contribution in [3.05, 3.63) is 0 Å². The summed E-state index contributed by atoms with van der Waals surface area (Å²) < 4.78 is 0. The second-order valence-electron chi connectivity index (χ2n) is 0.0680. The Kier molecular flexibility index (Phi) is 65.4. The normalized spacial score (nSPS) is 2.40. The van der Waals surface area contributed by atoms with Gasteiger partial charge in [-0.3, -0.25) is 0 Å². The van der Waals surface area contributed by atoms with Gasteiger partial charge in [0.25, 0.3) is 0 Å². The fourth-order valence-corrected chi connectivity index (χ4v) is 0. The zero-order valence-electron chi connectivity index (χ0n) is 2.22. The van der Waals surface area contributed by atoms with E-state index in [-0.39, 0.29) is 25.9 Å². The van der Waals surface area contributed by atoms with Crippen molar-refractivity contribution in [1.29, 1.82) is 0 Å². The molecule has 0 saturated carbocycles. The van der Waals surface area contributed by atoms with E-state index in [9.17, 15) is 0 Å². The molecule has 5 heavy (non-hydrogen) atoms. The molecule has 0 saturated heterocycles. The summed E-state index contributed by atoms with van der Waals surface area (Å²) in [6.45, 7) is 0. The molecule has 0 heterocycles. The molecule has 0 aromatic rings. The Morgan fingerprint density at radius 1 is 1.00 bits per heavy atom. The van der Waals surface area contributed by atoms with Crippen molar-refractivity contribution in [3.8, 4) is 0 Å². The third-order valence-corrected chi connectivity index (χ3v) is 0. The summed E-state index contributed by atoms with van der Waals surface area (Å²) in [6, 6.07) is 0. The molecule has 4 N–H and O–H groups in total. The first-order valence-electron chi connectivity index (χ1n) is 0.333. The Bertz CT molecular complexity index is 28.6. The Labute approximate surface area is 45.6 Å². The van der Waals surface area contributed by atoms with Gasteiger partial charge in [-0.1, -0.05) is 0 Å². The van der Waals surface area contributed by atoms with Crippen LogP contribution >= 0.6 is 19.6 Å². The first-order chi connectivity index (χ1) is 1.41. The van der Waals surface area contributed by atoms with Gasteiger partial charge in [0.1, 0.15) is 0 Å². The van der Waals surface area contributed by atoms with Crippen LogP contribution in [0, 0.1) is 0 Å². The Morgan fingerprint density at radius 2 is 1.00 bits per heavy atom. The van der Waals surface area contributed by atoms with Crippen molar-refractivity contribution in [2.75, 3.05) is 0 Å². The molecule has 0 bridgehead atoms. The summed E-state index contributed by atoms with van der Waals surface area (Å²) in [5.41, 5.74) is 0. The van der Waals surface area contributed by atoms with Gasteiger partial charge in [0.15, 0.2) is 0 Å². The summed E-state index contributed by atoms with van der Waals surface area (Å²) >= 11 is -0.363. The van der Waals surface area contributed by atoms with Gasteiger partial charge in [-0.2, -0.15) is 0 Å². The van der Waals surface area contributed by atoms with Crippen LogP contribution in [0.4, 0.5) is 0 Å². The average molecular weight is 196 g/mol. The Balaban J connectivity index is -0.0000000200. The van der Waals surface area contributed by atoms with Gasteiger partial charge < -0.3 is 11.0 Å². The molecule has 0 amide bonds. The topological polar surface area (TPSA) is 63.0 Å². The van der Waals surface area contributed by atoms with Crippen molar-refractivity contribution >= 4 is 19.6 Å². The maximum atomic E-state index is 4.34. The van der Waals surface area contributed by atoms with Crippen LogP contribution in [0.3, 0.4) is 0 Å². The van der Waals surface area contributed by atoms with Gasteiger partial charge in [-0.25, -0.2) is 0 Å². The maximum absolute atomic E-state index is 4.34. The second kappa shape index (κ2) is 19.7. The minimum atomic E-state index is -0.363. The molecule has 0 atom stereocenters. The molecule has 0 aromatic carbocycles. The molecule has 5 heteroatoms. The fourth-order valence-electron chi connectivity index (χ4n) is 0. The standard InChI is InChI=1S/Mo.2H2O.2S/h;2*1H2;;. The molecular formula is H4MoO2S2. The van der Waals surface area contributed by atoms with Crippen LogP contribution in [0.25, 0.3) is 0 Å². The average Bonchev–Trinajstić information content (AvgIpc) is 0.918. The van der Waals surface area contributed by atoms with Gasteiger partial charge in [-0.05, 0) is 0 Å². The van der Waals surface area contributed by atoms with Gasteiger partial charge in [0.05, 0.1) is 0 Å². The Hall–Kier alpha value is 1.05. The van der Waals surface area contributed by atoms with E-state index < -0.39 is 0 Å². The first kappa shape index (κ1) is 16.6. The van der Waals surface area contributed by atoms with Crippen molar-refractivity contribution in [2.45, 2.75) is 0 Å². The quantitative estimate of drug-likeness (QED) is 0.497. The van der Waals surface area contributed by atoms with Crippen LogP contribution in [0.15, 0.2) is 0 Å². The Morgan fingerprint density at radius 3 is 1.00 bits per heavy atom. The SMILES string of the molecule is O.O.[S]=[Mo]=[S]. The van der Waals surface area contributed by atoms with Crippen molar-refractivity contribution in [2.24, 2.45) is 0 Å². The monoisotopic (exact) mass is 198 g/mol. The van der Waals surface area contributed by atoms with Crippen LogP contribution in [0.5, 0.6) is 0 Å². The van der Waals surface area contributed by atoms with Crippen LogP contribution in [0.2, 0.25) is 0 Å².